The fraction of sp³-hybridized carbons (Fsp3) is 0.600. The molecule has 3 nitrogen and oxygen atoms in total. The molecule has 1 aliphatic heterocycles. The van der Waals surface area contributed by atoms with E-state index in [0.717, 1.165) is 51.8 Å². The van der Waals surface area contributed by atoms with Gasteiger partial charge in [0.05, 0.1) is 5.56 Å². The molecule has 1 saturated heterocycles. The molecular formula is C15H25Cl3F3N3. The van der Waals surface area contributed by atoms with Gasteiger partial charge in [0, 0.05) is 31.9 Å². The summed E-state index contributed by atoms with van der Waals surface area (Å²) in [5.41, 5.74) is 0.0937. The van der Waals surface area contributed by atoms with Crippen LogP contribution in [0.4, 0.5) is 18.9 Å². The lowest BCUT2D eigenvalue weighted by molar-refractivity contribution is -0.137. The van der Waals surface area contributed by atoms with Crippen LogP contribution in [0.25, 0.3) is 0 Å². The molecule has 1 aromatic rings. The minimum atomic E-state index is -4.27. The molecule has 0 spiro atoms. The molecule has 0 atom stereocenters. The molecule has 142 valence electrons. The van der Waals surface area contributed by atoms with Gasteiger partial charge in [0.1, 0.15) is 0 Å². The summed E-state index contributed by atoms with van der Waals surface area (Å²) in [6, 6.07) is 5.61. The lowest BCUT2D eigenvalue weighted by Gasteiger charge is -2.36. The molecule has 0 aromatic heterocycles. The predicted octanol–water partition coefficient (Wildman–Crippen LogP) is 3.70. The van der Waals surface area contributed by atoms with Gasteiger partial charge in [-0.3, -0.25) is 4.90 Å². The molecule has 24 heavy (non-hydrogen) atoms. The summed E-state index contributed by atoms with van der Waals surface area (Å²) in [5.74, 6) is 0. The number of rotatable bonds is 5. The van der Waals surface area contributed by atoms with Gasteiger partial charge < -0.3 is 10.2 Å². The summed E-state index contributed by atoms with van der Waals surface area (Å²) in [5, 5.41) is 3.12. The van der Waals surface area contributed by atoms with Crippen molar-refractivity contribution < 1.29 is 13.2 Å². The molecule has 1 aromatic carbocycles. The standard InChI is InChI=1S/C15H22F3N3.3ClH/c1-19-6-3-7-20-8-10-21(11-9-20)14-5-2-4-13(12-14)15(16,17)18;;;/h2,4-5,12,19H,3,6-11H2,1H3;3*1H. The van der Waals surface area contributed by atoms with E-state index in [9.17, 15) is 13.2 Å². The normalized spacial score (nSPS) is 15.1. The second-order valence-corrected chi connectivity index (χ2v) is 5.33. The van der Waals surface area contributed by atoms with E-state index in [2.05, 4.69) is 10.2 Å². The summed E-state index contributed by atoms with van der Waals surface area (Å²) in [7, 11) is 1.94. The third-order valence-electron chi connectivity index (χ3n) is 3.81. The number of piperazine rings is 1. The van der Waals surface area contributed by atoms with Crippen LogP contribution in [0, 0.1) is 0 Å². The van der Waals surface area contributed by atoms with Gasteiger partial charge in [-0.25, -0.2) is 0 Å². The highest BCUT2D eigenvalue weighted by molar-refractivity contribution is 5.86. The summed E-state index contributed by atoms with van der Waals surface area (Å²) in [6.45, 7) is 5.40. The van der Waals surface area contributed by atoms with Crippen molar-refractivity contribution in [3.8, 4) is 0 Å². The summed E-state index contributed by atoms with van der Waals surface area (Å²) < 4.78 is 38.2. The van der Waals surface area contributed by atoms with Crippen molar-refractivity contribution in [2.45, 2.75) is 12.6 Å². The fourth-order valence-corrected chi connectivity index (χ4v) is 2.59. The van der Waals surface area contributed by atoms with Crippen LogP contribution in [-0.4, -0.2) is 51.2 Å². The topological polar surface area (TPSA) is 18.5 Å². The molecule has 0 saturated carbocycles. The maximum Gasteiger partial charge on any atom is 0.416 e. The number of hydrogen-bond acceptors (Lipinski definition) is 3. The van der Waals surface area contributed by atoms with E-state index in [1.807, 2.05) is 11.9 Å². The molecule has 0 radical (unpaired) electrons. The Kier molecular flexibility index (Phi) is 13.0. The Morgan fingerprint density at radius 1 is 1.04 bits per heavy atom. The lowest BCUT2D eigenvalue weighted by atomic mass is 10.1. The molecule has 0 bridgehead atoms. The van der Waals surface area contributed by atoms with Crippen LogP contribution in [-0.2, 0) is 6.18 Å². The van der Waals surface area contributed by atoms with E-state index in [0.29, 0.717) is 5.69 Å². The monoisotopic (exact) mass is 409 g/mol. The van der Waals surface area contributed by atoms with Crippen LogP contribution in [0.3, 0.4) is 0 Å². The number of nitrogens with one attached hydrogen (secondary N) is 1. The SMILES string of the molecule is CNCCCN1CCN(c2cccc(C(F)(F)F)c2)CC1.Cl.Cl.Cl. The number of halogens is 6. The first kappa shape index (κ1) is 25.8. The molecule has 9 heteroatoms. The summed E-state index contributed by atoms with van der Waals surface area (Å²) in [6.07, 6.45) is -3.18. The van der Waals surface area contributed by atoms with Crippen molar-refractivity contribution in [1.29, 1.82) is 0 Å². The molecule has 0 aliphatic carbocycles. The highest BCUT2D eigenvalue weighted by atomic mass is 35.5. The maximum absolute atomic E-state index is 12.7. The quantitative estimate of drug-likeness (QED) is 0.747. The zero-order chi connectivity index (χ0) is 15.3. The average Bonchev–Trinajstić information content (AvgIpc) is 2.47. The predicted molar refractivity (Wildman–Crippen MR) is 100 cm³/mol. The lowest BCUT2D eigenvalue weighted by Crippen LogP contribution is -2.47. The third kappa shape index (κ3) is 7.66. The van der Waals surface area contributed by atoms with Crippen molar-refractivity contribution in [3.05, 3.63) is 29.8 Å². The molecule has 1 aliphatic rings. The molecule has 0 amide bonds. The minimum absolute atomic E-state index is 0. The Bertz CT molecular complexity index is 453. The Morgan fingerprint density at radius 3 is 2.21 bits per heavy atom. The van der Waals surface area contributed by atoms with Crippen LogP contribution in [0.5, 0.6) is 0 Å². The van der Waals surface area contributed by atoms with Crippen LogP contribution in [0.2, 0.25) is 0 Å². The zero-order valence-electron chi connectivity index (χ0n) is 13.5. The second-order valence-electron chi connectivity index (χ2n) is 5.33. The Balaban J connectivity index is 0. The van der Waals surface area contributed by atoms with Gasteiger partial charge >= 0.3 is 6.18 Å². The number of nitrogens with zero attached hydrogens (tertiary/aromatic N) is 2. The number of alkyl halides is 3. The highest BCUT2D eigenvalue weighted by Crippen LogP contribution is 2.31. The van der Waals surface area contributed by atoms with Crippen LogP contribution >= 0.6 is 37.2 Å². The molecule has 1 N–H and O–H groups in total. The van der Waals surface area contributed by atoms with Gasteiger partial charge in [-0.2, -0.15) is 13.2 Å². The van der Waals surface area contributed by atoms with Gasteiger partial charge in [-0.15, -0.1) is 37.2 Å². The van der Waals surface area contributed by atoms with Crippen molar-refractivity contribution in [1.82, 2.24) is 10.2 Å². The Labute approximate surface area is 160 Å². The van der Waals surface area contributed by atoms with Crippen LogP contribution in [0.1, 0.15) is 12.0 Å². The molecule has 1 heterocycles. The van der Waals surface area contributed by atoms with Gasteiger partial charge in [0.25, 0.3) is 0 Å². The summed E-state index contributed by atoms with van der Waals surface area (Å²) >= 11 is 0. The number of benzene rings is 1. The van der Waals surface area contributed by atoms with E-state index in [1.54, 1.807) is 6.07 Å². The molecule has 1 fully saturated rings. The maximum atomic E-state index is 12.7. The second kappa shape index (κ2) is 12.0. The average molecular weight is 411 g/mol. The van der Waals surface area contributed by atoms with E-state index in [-0.39, 0.29) is 37.2 Å². The molecular weight excluding hydrogens is 386 g/mol. The zero-order valence-corrected chi connectivity index (χ0v) is 16.0. The first-order valence-corrected chi connectivity index (χ1v) is 7.30. The van der Waals surface area contributed by atoms with Crippen molar-refractivity contribution >= 4 is 42.9 Å². The smallest absolute Gasteiger partial charge is 0.369 e. The molecule has 0 unspecified atom stereocenters. The van der Waals surface area contributed by atoms with Crippen molar-refractivity contribution in [2.75, 3.05) is 51.2 Å². The summed E-state index contributed by atoms with van der Waals surface area (Å²) in [4.78, 5) is 4.39. The van der Waals surface area contributed by atoms with Gasteiger partial charge in [-0.05, 0) is 44.8 Å². The van der Waals surface area contributed by atoms with Crippen molar-refractivity contribution in [2.24, 2.45) is 0 Å². The van der Waals surface area contributed by atoms with Gasteiger partial charge in [0.15, 0.2) is 0 Å². The first-order valence-electron chi connectivity index (χ1n) is 7.30. The third-order valence-corrected chi connectivity index (χ3v) is 3.81. The Morgan fingerprint density at radius 2 is 1.67 bits per heavy atom. The van der Waals surface area contributed by atoms with Crippen LogP contribution in [0.15, 0.2) is 24.3 Å². The first-order chi connectivity index (χ1) is 10.0. The van der Waals surface area contributed by atoms with E-state index >= 15 is 0 Å². The molecule has 2 rings (SSSR count). The highest BCUT2D eigenvalue weighted by Gasteiger charge is 2.31. The van der Waals surface area contributed by atoms with E-state index in [1.165, 1.54) is 12.1 Å². The Hall–Kier alpha value is -0.400. The number of anilines is 1. The van der Waals surface area contributed by atoms with E-state index < -0.39 is 11.7 Å². The van der Waals surface area contributed by atoms with Crippen molar-refractivity contribution in [3.63, 3.8) is 0 Å². The number of hydrogen-bond donors (Lipinski definition) is 1. The van der Waals surface area contributed by atoms with Gasteiger partial charge in [-0.1, -0.05) is 6.07 Å². The van der Waals surface area contributed by atoms with Gasteiger partial charge in [0.2, 0.25) is 0 Å². The largest absolute Gasteiger partial charge is 0.416 e. The minimum Gasteiger partial charge on any atom is -0.369 e. The fourth-order valence-electron chi connectivity index (χ4n) is 2.59. The van der Waals surface area contributed by atoms with Crippen LogP contribution < -0.4 is 10.2 Å². The van der Waals surface area contributed by atoms with E-state index in [4.69, 9.17) is 0 Å².